The van der Waals surface area contributed by atoms with Crippen LogP contribution in [0, 0.1) is 0 Å². The number of hydrogen-bond donors (Lipinski definition) is 1. The quantitative estimate of drug-likeness (QED) is 0.478. The molecule has 32 heavy (non-hydrogen) atoms. The van der Waals surface area contributed by atoms with Crippen LogP contribution in [0.3, 0.4) is 0 Å². The second kappa shape index (κ2) is 10.6. The van der Waals surface area contributed by atoms with Gasteiger partial charge in [-0.15, -0.1) is 11.8 Å². The molecule has 0 unspecified atom stereocenters. The molecular formula is C25H23ClN2O3S. The summed E-state index contributed by atoms with van der Waals surface area (Å²) in [6, 6.07) is 24.6. The third-order valence-corrected chi connectivity index (χ3v) is 6.67. The average Bonchev–Trinajstić information content (AvgIpc) is 3.18. The van der Waals surface area contributed by atoms with Crippen molar-refractivity contribution in [1.82, 2.24) is 10.2 Å². The fraction of sp³-hybridized carbons (Fsp3) is 0.200. The Hall–Kier alpha value is -2.96. The zero-order valence-electron chi connectivity index (χ0n) is 17.4. The first-order chi connectivity index (χ1) is 15.6. The predicted octanol–water partition coefficient (Wildman–Crippen LogP) is 4.92. The number of benzene rings is 3. The zero-order chi connectivity index (χ0) is 22.3. The number of hydrogen-bond acceptors (Lipinski definition) is 4. The largest absolute Gasteiger partial charge is 0.490 e. The summed E-state index contributed by atoms with van der Waals surface area (Å²) in [4.78, 5) is 26.8. The van der Waals surface area contributed by atoms with Crippen molar-refractivity contribution in [2.75, 3.05) is 18.9 Å². The van der Waals surface area contributed by atoms with Gasteiger partial charge in [0.25, 0.3) is 5.91 Å². The van der Waals surface area contributed by atoms with Crippen molar-refractivity contribution >= 4 is 35.2 Å². The van der Waals surface area contributed by atoms with Gasteiger partial charge in [0.1, 0.15) is 17.7 Å². The smallest absolute Gasteiger partial charge is 0.251 e. The van der Waals surface area contributed by atoms with Crippen LogP contribution < -0.4 is 10.1 Å². The number of nitrogens with one attached hydrogen (secondary N) is 1. The standard InChI is InChI=1S/C25H23ClN2O3S/c26-21-8-4-5-9-22(21)31-15-14-27-24(30)19-10-12-20(13-11-19)25-28(23(29)17-32-25)16-18-6-2-1-3-7-18/h1-13,25H,14-17H2,(H,27,30)/t25-/m0/s1. The van der Waals surface area contributed by atoms with Gasteiger partial charge in [0.15, 0.2) is 0 Å². The first kappa shape index (κ1) is 22.2. The molecule has 1 heterocycles. The molecule has 0 saturated carbocycles. The van der Waals surface area contributed by atoms with Crippen molar-refractivity contribution in [2.45, 2.75) is 11.9 Å². The molecule has 0 spiro atoms. The number of ether oxygens (including phenoxy) is 1. The van der Waals surface area contributed by atoms with Crippen LogP contribution in [-0.4, -0.2) is 35.6 Å². The predicted molar refractivity (Wildman–Crippen MR) is 128 cm³/mol. The number of para-hydroxylation sites is 1. The lowest BCUT2D eigenvalue weighted by Gasteiger charge is -2.24. The summed E-state index contributed by atoms with van der Waals surface area (Å²) in [6.45, 7) is 1.26. The summed E-state index contributed by atoms with van der Waals surface area (Å²) in [5.74, 6) is 1.02. The molecule has 0 bridgehead atoms. The first-order valence-electron chi connectivity index (χ1n) is 10.3. The second-order valence-electron chi connectivity index (χ2n) is 7.33. The summed E-state index contributed by atoms with van der Waals surface area (Å²) < 4.78 is 5.59. The molecule has 0 radical (unpaired) electrons. The van der Waals surface area contributed by atoms with Gasteiger partial charge in [-0.2, -0.15) is 0 Å². The molecule has 3 aromatic carbocycles. The SMILES string of the molecule is O=C(NCCOc1ccccc1Cl)c1ccc([C@@H]2SCC(=O)N2Cc2ccccc2)cc1. The van der Waals surface area contributed by atoms with E-state index in [1.165, 1.54) is 0 Å². The molecule has 7 heteroatoms. The van der Waals surface area contributed by atoms with Crippen LogP contribution in [0.15, 0.2) is 78.9 Å². The summed E-state index contributed by atoms with van der Waals surface area (Å²) in [6.07, 6.45) is 0. The van der Waals surface area contributed by atoms with E-state index in [1.807, 2.05) is 59.5 Å². The Morgan fingerprint density at radius 1 is 1.03 bits per heavy atom. The monoisotopic (exact) mass is 466 g/mol. The summed E-state index contributed by atoms with van der Waals surface area (Å²) in [5.41, 5.74) is 2.68. The highest BCUT2D eigenvalue weighted by Gasteiger charge is 2.32. The van der Waals surface area contributed by atoms with Crippen LogP contribution in [-0.2, 0) is 11.3 Å². The van der Waals surface area contributed by atoms with Crippen molar-refractivity contribution in [3.63, 3.8) is 0 Å². The van der Waals surface area contributed by atoms with Gasteiger partial charge in [-0.3, -0.25) is 9.59 Å². The van der Waals surface area contributed by atoms with Gasteiger partial charge in [0.05, 0.1) is 17.3 Å². The highest BCUT2D eigenvalue weighted by atomic mass is 35.5. The highest BCUT2D eigenvalue weighted by molar-refractivity contribution is 8.00. The number of carbonyl (C=O) groups is 2. The van der Waals surface area contributed by atoms with Gasteiger partial charge < -0.3 is 15.0 Å². The number of thioether (sulfide) groups is 1. The average molecular weight is 467 g/mol. The van der Waals surface area contributed by atoms with E-state index in [1.54, 1.807) is 36.0 Å². The van der Waals surface area contributed by atoms with Crippen LogP contribution in [0.4, 0.5) is 0 Å². The molecule has 1 aliphatic rings. The van der Waals surface area contributed by atoms with Gasteiger partial charge >= 0.3 is 0 Å². The molecule has 3 aromatic rings. The summed E-state index contributed by atoms with van der Waals surface area (Å²) in [5, 5.41) is 3.34. The summed E-state index contributed by atoms with van der Waals surface area (Å²) in [7, 11) is 0. The van der Waals surface area contributed by atoms with E-state index in [-0.39, 0.29) is 17.2 Å². The number of nitrogens with zero attached hydrogens (tertiary/aromatic N) is 1. The molecule has 164 valence electrons. The fourth-order valence-electron chi connectivity index (χ4n) is 3.47. The van der Waals surface area contributed by atoms with Crippen LogP contribution in [0.2, 0.25) is 5.02 Å². The minimum Gasteiger partial charge on any atom is -0.490 e. The van der Waals surface area contributed by atoms with Crippen LogP contribution in [0.25, 0.3) is 0 Å². The lowest BCUT2D eigenvalue weighted by atomic mass is 10.1. The van der Waals surface area contributed by atoms with Crippen molar-refractivity contribution in [1.29, 1.82) is 0 Å². The van der Waals surface area contributed by atoms with Gasteiger partial charge in [-0.25, -0.2) is 0 Å². The lowest BCUT2D eigenvalue weighted by Crippen LogP contribution is -2.28. The first-order valence-corrected chi connectivity index (χ1v) is 11.7. The van der Waals surface area contributed by atoms with Gasteiger partial charge in [-0.05, 0) is 35.4 Å². The van der Waals surface area contributed by atoms with Crippen molar-refractivity contribution in [2.24, 2.45) is 0 Å². The van der Waals surface area contributed by atoms with Crippen LogP contribution in [0.5, 0.6) is 5.75 Å². The van der Waals surface area contributed by atoms with Crippen LogP contribution in [0.1, 0.15) is 26.9 Å². The Morgan fingerprint density at radius 2 is 1.75 bits per heavy atom. The molecule has 1 N–H and O–H groups in total. The summed E-state index contributed by atoms with van der Waals surface area (Å²) >= 11 is 7.67. The van der Waals surface area contributed by atoms with Crippen molar-refractivity contribution in [3.05, 3.63) is 101 Å². The van der Waals surface area contributed by atoms with E-state index in [2.05, 4.69) is 5.32 Å². The van der Waals surface area contributed by atoms with Gasteiger partial charge in [-0.1, -0.05) is 66.2 Å². The second-order valence-corrected chi connectivity index (χ2v) is 8.80. The van der Waals surface area contributed by atoms with Gasteiger partial charge in [0, 0.05) is 12.1 Å². The highest BCUT2D eigenvalue weighted by Crippen LogP contribution is 2.39. The van der Waals surface area contributed by atoms with Crippen molar-refractivity contribution < 1.29 is 14.3 Å². The normalized spacial score (nSPS) is 15.6. The molecule has 1 fully saturated rings. The number of rotatable bonds is 8. The lowest BCUT2D eigenvalue weighted by molar-refractivity contribution is -0.128. The minimum atomic E-state index is -0.171. The topological polar surface area (TPSA) is 58.6 Å². The van der Waals surface area contributed by atoms with Crippen molar-refractivity contribution in [3.8, 4) is 5.75 Å². The maximum Gasteiger partial charge on any atom is 0.251 e. The molecule has 0 aromatic heterocycles. The Labute approximate surface area is 196 Å². The zero-order valence-corrected chi connectivity index (χ0v) is 18.9. The molecule has 0 aliphatic carbocycles. The number of halogens is 1. The molecular weight excluding hydrogens is 444 g/mol. The molecule has 1 saturated heterocycles. The van der Waals surface area contributed by atoms with E-state index in [4.69, 9.17) is 16.3 Å². The third kappa shape index (κ3) is 5.44. The fourth-order valence-corrected chi connectivity index (χ4v) is 4.85. The molecule has 4 rings (SSSR count). The van der Waals surface area contributed by atoms with Gasteiger partial charge in [0.2, 0.25) is 5.91 Å². The van der Waals surface area contributed by atoms with Crippen LogP contribution >= 0.6 is 23.4 Å². The van der Waals surface area contributed by atoms with E-state index in [0.717, 1.165) is 11.1 Å². The third-order valence-electron chi connectivity index (χ3n) is 5.10. The van der Waals surface area contributed by atoms with E-state index >= 15 is 0 Å². The van der Waals surface area contributed by atoms with E-state index in [0.29, 0.717) is 41.8 Å². The molecule has 2 amide bonds. The molecule has 1 aliphatic heterocycles. The molecule has 5 nitrogen and oxygen atoms in total. The minimum absolute atomic E-state index is 0.0520. The Balaban J connectivity index is 1.32. The maximum absolute atomic E-state index is 12.5. The van der Waals surface area contributed by atoms with E-state index < -0.39 is 0 Å². The molecule has 1 atom stereocenters. The van der Waals surface area contributed by atoms with E-state index in [9.17, 15) is 9.59 Å². The Morgan fingerprint density at radius 3 is 2.50 bits per heavy atom. The maximum atomic E-state index is 12.5. The number of carbonyl (C=O) groups excluding carboxylic acids is 2. The Bertz CT molecular complexity index is 1080. The number of amides is 2. The Kier molecular flexibility index (Phi) is 7.35.